The highest BCUT2D eigenvalue weighted by Crippen LogP contribution is 2.27. The zero-order chi connectivity index (χ0) is 13.1. The molecule has 6 heteroatoms. The highest BCUT2D eigenvalue weighted by Gasteiger charge is 2.18. The van der Waals surface area contributed by atoms with Crippen LogP contribution < -0.4 is 5.73 Å². The Morgan fingerprint density at radius 2 is 2.00 bits per heavy atom. The Balaban J connectivity index is 2.87. The molecule has 1 aromatic rings. The highest BCUT2D eigenvalue weighted by molar-refractivity contribution is 7.90. The second-order valence-electron chi connectivity index (χ2n) is 3.94. The first-order valence-electron chi connectivity index (χ1n) is 5.24. The van der Waals surface area contributed by atoms with Gasteiger partial charge in [-0.1, -0.05) is 42.3 Å². The molecule has 2 N–H and O–H groups in total. The van der Waals surface area contributed by atoms with Crippen molar-refractivity contribution >= 4 is 33.0 Å². The Kier molecular flexibility index (Phi) is 5.25. The Hall–Kier alpha value is -0.290. The van der Waals surface area contributed by atoms with Gasteiger partial charge in [-0.05, 0) is 18.1 Å². The van der Waals surface area contributed by atoms with Crippen LogP contribution in [0, 0.1) is 0 Å². The Morgan fingerprint density at radius 1 is 1.35 bits per heavy atom. The summed E-state index contributed by atoms with van der Waals surface area (Å²) in [4.78, 5) is 0. The van der Waals surface area contributed by atoms with Gasteiger partial charge in [-0.2, -0.15) is 0 Å². The van der Waals surface area contributed by atoms with Gasteiger partial charge in [0.05, 0.1) is 21.6 Å². The molecule has 0 aliphatic rings. The number of hydrogen-bond acceptors (Lipinski definition) is 3. The minimum absolute atomic E-state index is 0.0354. The van der Waals surface area contributed by atoms with Crippen LogP contribution in [0.3, 0.4) is 0 Å². The zero-order valence-corrected chi connectivity index (χ0v) is 11.8. The largest absolute Gasteiger partial charge is 0.327 e. The molecule has 1 rings (SSSR count). The maximum absolute atomic E-state index is 11.9. The molecule has 96 valence electrons. The fourth-order valence-corrected chi connectivity index (χ4v) is 3.59. The predicted octanol–water partition coefficient (Wildman–Crippen LogP) is 2.65. The average Bonchev–Trinajstić information content (AvgIpc) is 2.23. The van der Waals surface area contributed by atoms with Gasteiger partial charge in [0.2, 0.25) is 0 Å². The van der Waals surface area contributed by atoms with Crippen molar-refractivity contribution in [3.05, 3.63) is 33.8 Å². The number of sulfone groups is 1. The van der Waals surface area contributed by atoms with Crippen LogP contribution in [-0.4, -0.2) is 20.2 Å². The number of rotatable bonds is 5. The van der Waals surface area contributed by atoms with Gasteiger partial charge in [-0.25, -0.2) is 8.42 Å². The lowest BCUT2D eigenvalue weighted by Crippen LogP contribution is -2.29. The molecule has 0 aliphatic carbocycles. The zero-order valence-electron chi connectivity index (χ0n) is 9.49. The van der Waals surface area contributed by atoms with E-state index in [0.717, 1.165) is 0 Å². The van der Waals surface area contributed by atoms with Gasteiger partial charge in [0.1, 0.15) is 0 Å². The lowest BCUT2D eigenvalue weighted by atomic mass is 10.2. The van der Waals surface area contributed by atoms with Crippen molar-refractivity contribution in [3.63, 3.8) is 0 Å². The third kappa shape index (κ3) is 4.47. The van der Waals surface area contributed by atoms with Gasteiger partial charge >= 0.3 is 0 Å². The van der Waals surface area contributed by atoms with Crippen LogP contribution in [0.4, 0.5) is 0 Å². The number of benzene rings is 1. The number of hydrogen-bond donors (Lipinski definition) is 1. The maximum Gasteiger partial charge on any atom is 0.156 e. The summed E-state index contributed by atoms with van der Waals surface area (Å²) in [6.07, 6.45) is 0.627. The van der Waals surface area contributed by atoms with Crippen molar-refractivity contribution in [2.24, 2.45) is 5.73 Å². The van der Waals surface area contributed by atoms with E-state index in [2.05, 4.69) is 0 Å². The third-order valence-corrected chi connectivity index (χ3v) is 4.94. The lowest BCUT2D eigenvalue weighted by molar-refractivity contribution is 0.583. The van der Waals surface area contributed by atoms with Crippen LogP contribution in [0.5, 0.6) is 0 Å². The van der Waals surface area contributed by atoms with Crippen molar-refractivity contribution in [1.29, 1.82) is 0 Å². The molecule has 17 heavy (non-hydrogen) atoms. The molecule has 0 heterocycles. The first kappa shape index (κ1) is 14.8. The van der Waals surface area contributed by atoms with E-state index in [1.807, 2.05) is 6.92 Å². The van der Waals surface area contributed by atoms with E-state index in [-0.39, 0.29) is 17.5 Å². The van der Waals surface area contributed by atoms with Gasteiger partial charge in [-0.15, -0.1) is 0 Å². The van der Waals surface area contributed by atoms with E-state index < -0.39 is 9.84 Å². The lowest BCUT2D eigenvalue weighted by Gasteiger charge is -2.11. The van der Waals surface area contributed by atoms with Crippen LogP contribution in [-0.2, 0) is 15.6 Å². The summed E-state index contributed by atoms with van der Waals surface area (Å²) in [7, 11) is -3.25. The second-order valence-corrected chi connectivity index (χ2v) is 6.83. The van der Waals surface area contributed by atoms with Gasteiger partial charge < -0.3 is 5.73 Å². The van der Waals surface area contributed by atoms with Crippen LogP contribution >= 0.6 is 23.2 Å². The minimum atomic E-state index is -3.25. The monoisotopic (exact) mass is 295 g/mol. The quantitative estimate of drug-likeness (QED) is 0.908. The molecular formula is C11H15Cl2NO2S. The van der Waals surface area contributed by atoms with Crippen molar-refractivity contribution < 1.29 is 8.42 Å². The topological polar surface area (TPSA) is 60.2 Å². The van der Waals surface area contributed by atoms with Gasteiger partial charge in [0.25, 0.3) is 0 Å². The molecule has 3 nitrogen and oxygen atoms in total. The SMILES string of the molecule is CCC(N)CS(=O)(=O)Cc1cccc(Cl)c1Cl. The first-order valence-corrected chi connectivity index (χ1v) is 7.82. The molecule has 1 unspecified atom stereocenters. The van der Waals surface area contributed by atoms with Crippen molar-refractivity contribution in [1.82, 2.24) is 0 Å². The Labute approximate surface area is 112 Å². The summed E-state index contributed by atoms with van der Waals surface area (Å²) in [6, 6.07) is 4.62. The van der Waals surface area contributed by atoms with E-state index in [1.54, 1.807) is 18.2 Å². The van der Waals surface area contributed by atoms with Crippen molar-refractivity contribution in [2.75, 3.05) is 5.75 Å². The number of nitrogens with two attached hydrogens (primary N) is 1. The summed E-state index contributed by atoms with van der Waals surface area (Å²) in [5, 5.41) is 0.655. The number of halogens is 2. The maximum atomic E-state index is 11.9. The summed E-state index contributed by atoms with van der Waals surface area (Å²) in [5.74, 6) is -0.160. The molecule has 0 aliphatic heterocycles. The van der Waals surface area contributed by atoms with E-state index in [1.165, 1.54) is 0 Å². The van der Waals surface area contributed by atoms with Gasteiger partial charge in [0.15, 0.2) is 9.84 Å². The first-order chi connectivity index (χ1) is 7.85. The average molecular weight is 296 g/mol. The van der Waals surface area contributed by atoms with Crippen LogP contribution in [0.2, 0.25) is 10.0 Å². The summed E-state index contributed by atoms with van der Waals surface area (Å²) >= 11 is 11.8. The summed E-state index contributed by atoms with van der Waals surface area (Å²) in [6.45, 7) is 1.85. The molecule has 0 radical (unpaired) electrons. The standard InChI is InChI=1S/C11H15Cl2NO2S/c1-2-9(14)7-17(15,16)6-8-4-3-5-10(12)11(8)13/h3-5,9H,2,6-7,14H2,1H3. The van der Waals surface area contributed by atoms with Crippen molar-refractivity contribution in [2.45, 2.75) is 25.1 Å². The summed E-state index contributed by atoms with van der Waals surface area (Å²) in [5.41, 5.74) is 6.16. The van der Waals surface area contributed by atoms with E-state index >= 15 is 0 Å². The Morgan fingerprint density at radius 3 is 2.59 bits per heavy atom. The third-order valence-electron chi connectivity index (χ3n) is 2.40. The molecule has 0 spiro atoms. The molecule has 0 bridgehead atoms. The molecule has 1 aromatic carbocycles. The molecule has 0 saturated carbocycles. The second kappa shape index (κ2) is 6.05. The Bertz CT molecular complexity index is 488. The smallest absolute Gasteiger partial charge is 0.156 e. The molecule has 0 saturated heterocycles. The van der Waals surface area contributed by atoms with Crippen LogP contribution in [0.15, 0.2) is 18.2 Å². The van der Waals surface area contributed by atoms with Gasteiger partial charge in [0, 0.05) is 6.04 Å². The van der Waals surface area contributed by atoms with E-state index in [9.17, 15) is 8.42 Å². The van der Waals surface area contributed by atoms with E-state index in [0.29, 0.717) is 22.0 Å². The van der Waals surface area contributed by atoms with Gasteiger partial charge in [-0.3, -0.25) is 0 Å². The fraction of sp³-hybridized carbons (Fsp3) is 0.455. The minimum Gasteiger partial charge on any atom is -0.327 e. The highest BCUT2D eigenvalue weighted by atomic mass is 35.5. The molecule has 1 atom stereocenters. The normalized spacial score (nSPS) is 13.6. The molecular weight excluding hydrogens is 281 g/mol. The van der Waals surface area contributed by atoms with Crippen molar-refractivity contribution in [3.8, 4) is 0 Å². The fourth-order valence-electron chi connectivity index (χ4n) is 1.40. The van der Waals surface area contributed by atoms with E-state index in [4.69, 9.17) is 28.9 Å². The predicted molar refractivity (Wildman–Crippen MR) is 72.2 cm³/mol. The molecule has 0 aromatic heterocycles. The molecule has 0 fully saturated rings. The summed E-state index contributed by atoms with van der Waals surface area (Å²) < 4.78 is 23.7. The van der Waals surface area contributed by atoms with Crippen LogP contribution in [0.25, 0.3) is 0 Å². The van der Waals surface area contributed by atoms with Crippen LogP contribution in [0.1, 0.15) is 18.9 Å². The molecule has 0 amide bonds.